The van der Waals surface area contributed by atoms with E-state index in [4.69, 9.17) is 32.8 Å². The first kappa shape index (κ1) is 77.4. The Morgan fingerprint density at radius 3 is 1.19 bits per heavy atom. The minimum absolute atomic E-state index is 0.0711. The molecule has 1 unspecified atom stereocenters. The van der Waals surface area contributed by atoms with E-state index in [1.165, 1.54) is 203 Å². The Hall–Kier alpha value is -2.67. The molecule has 9 nitrogen and oxygen atoms in total. The Bertz CT molecular complexity index is 1720. The van der Waals surface area contributed by atoms with Crippen LogP contribution in [-0.4, -0.2) is 118 Å². The highest BCUT2D eigenvalue weighted by Crippen LogP contribution is 2.36. The average Bonchev–Trinajstić information content (AvgIpc) is 3.53. The third-order valence-corrected chi connectivity index (χ3v) is 21.3. The second-order valence-corrected chi connectivity index (χ2v) is 29.1. The summed E-state index contributed by atoms with van der Waals surface area (Å²) < 4.78 is 43.4. The summed E-state index contributed by atoms with van der Waals surface area (Å²) in [6.07, 6.45) is 53.2. The van der Waals surface area contributed by atoms with E-state index in [-0.39, 0.29) is 17.0 Å². The van der Waals surface area contributed by atoms with Gasteiger partial charge in [-0.25, -0.2) is 0 Å². The fraction of sp³-hybridized carbons (Fsp3) is 0.770. The molecule has 2 aromatic carbocycles. The SMILES string of the molecule is CCCCCCCC/C=C\CCCCCCCCOCC(CN(CCCCCCCC)C(=O)CCOCCOCCOCCOCCO[Si](c1ccccc1)(c1ccccc1)C(C)(C)C)OCCCCCCCC/C=C\CCCCCCCC. The van der Waals surface area contributed by atoms with E-state index in [0.29, 0.717) is 85.6 Å². The van der Waals surface area contributed by atoms with Crippen molar-refractivity contribution in [3.8, 4) is 0 Å². The molecule has 0 saturated heterocycles. The monoisotopic (exact) mass is 1190 g/mol. The molecule has 0 saturated carbocycles. The molecule has 0 radical (unpaired) electrons. The molecule has 0 heterocycles. The van der Waals surface area contributed by atoms with Crippen LogP contribution >= 0.6 is 0 Å². The highest BCUT2D eigenvalue weighted by molar-refractivity contribution is 6.99. The lowest BCUT2D eigenvalue weighted by molar-refractivity contribution is -0.135. The van der Waals surface area contributed by atoms with Gasteiger partial charge in [0, 0.05) is 26.3 Å². The number of hydrogen-bond donors (Lipinski definition) is 0. The minimum Gasteiger partial charge on any atom is -0.405 e. The third kappa shape index (κ3) is 41.5. The zero-order valence-electron chi connectivity index (χ0n) is 55.5. The first-order valence-electron chi connectivity index (χ1n) is 35.1. The lowest BCUT2D eigenvalue weighted by Gasteiger charge is -2.43. The maximum absolute atomic E-state index is 13.9. The Kier molecular flexibility index (Phi) is 52.4. The van der Waals surface area contributed by atoms with Crippen LogP contribution in [0.25, 0.3) is 0 Å². The molecule has 1 amide bonds. The van der Waals surface area contributed by atoms with Gasteiger partial charge in [-0.3, -0.25) is 4.79 Å². The lowest BCUT2D eigenvalue weighted by atomic mass is 10.1. The van der Waals surface area contributed by atoms with Crippen molar-refractivity contribution in [3.63, 3.8) is 0 Å². The second-order valence-electron chi connectivity index (χ2n) is 24.8. The van der Waals surface area contributed by atoms with Crippen LogP contribution in [0.3, 0.4) is 0 Å². The highest BCUT2D eigenvalue weighted by atomic mass is 28.4. The molecule has 0 aliphatic rings. The largest absolute Gasteiger partial charge is 0.405 e. The molecule has 0 bridgehead atoms. The number of ether oxygens (including phenoxy) is 6. The van der Waals surface area contributed by atoms with E-state index in [1.54, 1.807) is 0 Å². The van der Waals surface area contributed by atoms with Crippen molar-refractivity contribution in [1.82, 2.24) is 4.90 Å². The van der Waals surface area contributed by atoms with Gasteiger partial charge in [0.25, 0.3) is 8.32 Å². The van der Waals surface area contributed by atoms with Crippen LogP contribution in [0.5, 0.6) is 0 Å². The van der Waals surface area contributed by atoms with E-state index in [0.717, 1.165) is 38.8 Å². The van der Waals surface area contributed by atoms with E-state index in [1.807, 2.05) is 4.90 Å². The smallest absolute Gasteiger partial charge is 0.261 e. The highest BCUT2D eigenvalue weighted by Gasteiger charge is 2.50. The van der Waals surface area contributed by atoms with Gasteiger partial charge >= 0.3 is 0 Å². The van der Waals surface area contributed by atoms with Gasteiger partial charge in [-0.05, 0) is 86.0 Å². The molecule has 0 aliphatic carbocycles. The van der Waals surface area contributed by atoms with Crippen molar-refractivity contribution < 1.29 is 37.6 Å². The van der Waals surface area contributed by atoms with Gasteiger partial charge in [0.15, 0.2) is 0 Å². The van der Waals surface area contributed by atoms with Gasteiger partial charge < -0.3 is 37.7 Å². The number of carbonyl (C=O) groups is 1. The summed E-state index contributed by atoms with van der Waals surface area (Å²) in [7, 11) is -2.58. The first-order chi connectivity index (χ1) is 41.3. The number of hydrogen-bond acceptors (Lipinski definition) is 8. The average molecular weight is 1190 g/mol. The number of nitrogens with zero attached hydrogens (tertiary/aromatic N) is 1. The van der Waals surface area contributed by atoms with E-state index in [2.05, 4.69) is 127 Å². The van der Waals surface area contributed by atoms with Crippen LogP contribution in [0.4, 0.5) is 0 Å². The summed E-state index contributed by atoms with van der Waals surface area (Å²) in [5.41, 5.74) is 0. The molecular formula is C74H131NO8Si. The normalized spacial score (nSPS) is 12.6. The maximum Gasteiger partial charge on any atom is 0.261 e. The predicted octanol–water partition coefficient (Wildman–Crippen LogP) is 18.7. The molecule has 10 heteroatoms. The van der Waals surface area contributed by atoms with Gasteiger partial charge in [-0.1, -0.05) is 274 Å². The minimum atomic E-state index is -2.58. The summed E-state index contributed by atoms with van der Waals surface area (Å²) in [5, 5.41) is 2.47. The van der Waals surface area contributed by atoms with Gasteiger partial charge in [0.1, 0.15) is 0 Å². The Morgan fingerprint density at radius 1 is 0.417 bits per heavy atom. The molecule has 2 aromatic rings. The van der Waals surface area contributed by atoms with Gasteiger partial charge in [-0.2, -0.15) is 0 Å². The van der Waals surface area contributed by atoms with Gasteiger partial charge in [0.05, 0.1) is 78.6 Å². The van der Waals surface area contributed by atoms with Crippen LogP contribution < -0.4 is 10.4 Å². The maximum atomic E-state index is 13.9. The molecule has 0 aromatic heterocycles. The molecule has 484 valence electrons. The number of rotatable bonds is 62. The molecule has 1 atom stereocenters. The zero-order valence-corrected chi connectivity index (χ0v) is 56.5. The fourth-order valence-corrected chi connectivity index (χ4v) is 15.7. The molecule has 2 rings (SSSR count). The number of benzene rings is 2. The summed E-state index contributed by atoms with van der Waals surface area (Å²) in [6.45, 7) is 21.2. The van der Waals surface area contributed by atoms with Crippen LogP contribution in [0.2, 0.25) is 5.04 Å². The number of allylic oxidation sites excluding steroid dienone is 4. The molecule has 0 aliphatic heterocycles. The van der Waals surface area contributed by atoms with Crippen molar-refractivity contribution in [3.05, 3.63) is 85.0 Å². The predicted molar refractivity (Wildman–Crippen MR) is 361 cm³/mol. The van der Waals surface area contributed by atoms with Crippen LogP contribution in [0.15, 0.2) is 85.0 Å². The lowest BCUT2D eigenvalue weighted by Crippen LogP contribution is -2.66. The van der Waals surface area contributed by atoms with Crippen LogP contribution in [0, 0.1) is 0 Å². The molecule has 0 N–H and O–H groups in total. The summed E-state index contributed by atoms with van der Waals surface area (Å²) in [5.74, 6) is 0.133. The molecule has 84 heavy (non-hydrogen) atoms. The van der Waals surface area contributed by atoms with E-state index < -0.39 is 8.32 Å². The standard InChI is InChI=1S/C74H131NO8Si/c1-7-10-13-16-19-21-23-25-27-29-31-33-35-37-40-49-57-81-69-70(82-58-50-41-38-36-34-32-30-28-26-24-22-20-17-14-11-8-2)68-75(56-48-39-18-15-12-9-3)73(76)55-59-77-60-61-78-62-63-79-64-65-80-66-67-83-84(74(4,5)6,71-51-44-42-45-52-71)72-53-46-43-47-54-72/h25-28,42-47,51-54,70H,7-24,29-41,48-50,55-69H2,1-6H3/b27-25-,28-26-. The topological polar surface area (TPSA) is 84.9 Å². The summed E-state index contributed by atoms with van der Waals surface area (Å²) in [6, 6.07) is 21.4. The Labute approximate surface area is 519 Å². The van der Waals surface area contributed by atoms with Gasteiger partial charge in [0.2, 0.25) is 5.91 Å². The Morgan fingerprint density at radius 2 is 0.774 bits per heavy atom. The van der Waals surface area contributed by atoms with Crippen molar-refractivity contribution in [1.29, 1.82) is 0 Å². The molecule has 0 spiro atoms. The third-order valence-electron chi connectivity index (χ3n) is 16.2. The number of amides is 1. The van der Waals surface area contributed by atoms with E-state index in [9.17, 15) is 4.79 Å². The fourth-order valence-electron chi connectivity index (χ4n) is 11.2. The van der Waals surface area contributed by atoms with Crippen molar-refractivity contribution in [2.75, 3.05) is 92.4 Å². The quantitative estimate of drug-likeness (QED) is 0.0368. The second kappa shape index (κ2) is 56.8. The van der Waals surface area contributed by atoms with Crippen molar-refractivity contribution in [2.24, 2.45) is 0 Å². The summed E-state index contributed by atoms with van der Waals surface area (Å²) >= 11 is 0. The number of unbranched alkanes of at least 4 members (excludes halogenated alkanes) is 29. The molecular weight excluding hydrogens is 1060 g/mol. The van der Waals surface area contributed by atoms with Gasteiger partial charge in [-0.15, -0.1) is 0 Å². The molecule has 0 fully saturated rings. The van der Waals surface area contributed by atoms with E-state index >= 15 is 0 Å². The summed E-state index contributed by atoms with van der Waals surface area (Å²) in [4.78, 5) is 16.0. The van der Waals surface area contributed by atoms with Crippen LogP contribution in [0.1, 0.15) is 266 Å². The number of carbonyl (C=O) groups excluding carboxylic acids is 1. The van der Waals surface area contributed by atoms with Crippen LogP contribution in [-0.2, 0) is 37.6 Å². The van der Waals surface area contributed by atoms with Crippen molar-refractivity contribution >= 4 is 24.6 Å². The zero-order chi connectivity index (χ0) is 60.4. The van der Waals surface area contributed by atoms with Crippen molar-refractivity contribution in [2.45, 2.75) is 277 Å². The first-order valence-corrected chi connectivity index (χ1v) is 37.0. The Balaban J connectivity index is 1.76.